The standard InChI is InChI=1S/C29H29N3O4/c1-35-26-15-20-14-25(29(30)34)32(18-21(20)16-27(26)36-2)28(33)17-24(31-12-5-6-13-31)23-11-7-9-19-8-3-4-10-22(19)23/h3-13,15-16,24-25H,14,17-18H2,1-2H3,(H2,30,34)/t24-,25+/m1/s1. The first-order valence-corrected chi connectivity index (χ1v) is 11.9. The quantitative estimate of drug-likeness (QED) is 0.429. The molecule has 36 heavy (non-hydrogen) atoms. The molecule has 2 amide bonds. The normalized spacial score (nSPS) is 15.8. The average molecular weight is 484 g/mol. The van der Waals surface area contributed by atoms with Crippen LogP contribution in [0.5, 0.6) is 11.5 Å². The molecule has 7 nitrogen and oxygen atoms in total. The van der Waals surface area contributed by atoms with Crippen LogP contribution in [-0.4, -0.2) is 41.5 Å². The number of nitrogens with zero attached hydrogens (tertiary/aromatic N) is 2. The molecular formula is C29H29N3O4. The number of methoxy groups -OCH3 is 2. The summed E-state index contributed by atoms with van der Waals surface area (Å²) in [6.45, 7) is 0.274. The van der Waals surface area contributed by atoms with Gasteiger partial charge < -0.3 is 24.7 Å². The van der Waals surface area contributed by atoms with Crippen LogP contribution in [0.2, 0.25) is 0 Å². The fourth-order valence-corrected chi connectivity index (χ4v) is 5.18. The van der Waals surface area contributed by atoms with Crippen LogP contribution in [0.1, 0.15) is 29.2 Å². The van der Waals surface area contributed by atoms with Crippen molar-refractivity contribution in [1.29, 1.82) is 0 Å². The van der Waals surface area contributed by atoms with E-state index in [4.69, 9.17) is 15.2 Å². The van der Waals surface area contributed by atoms with Crippen LogP contribution >= 0.6 is 0 Å². The van der Waals surface area contributed by atoms with Gasteiger partial charge in [0.25, 0.3) is 0 Å². The lowest BCUT2D eigenvalue weighted by Crippen LogP contribution is -2.51. The molecule has 184 valence electrons. The molecule has 3 aromatic carbocycles. The number of nitrogens with two attached hydrogens (primary N) is 1. The average Bonchev–Trinajstić information content (AvgIpc) is 3.44. The second kappa shape index (κ2) is 9.77. The predicted molar refractivity (Wildman–Crippen MR) is 138 cm³/mol. The number of fused-ring (bicyclic) bond motifs is 2. The van der Waals surface area contributed by atoms with E-state index in [1.54, 1.807) is 19.1 Å². The summed E-state index contributed by atoms with van der Waals surface area (Å²) in [7, 11) is 3.15. The van der Waals surface area contributed by atoms with Crippen LogP contribution in [0.3, 0.4) is 0 Å². The van der Waals surface area contributed by atoms with Crippen molar-refractivity contribution in [2.75, 3.05) is 14.2 Å². The largest absolute Gasteiger partial charge is 0.493 e. The third-order valence-corrected chi connectivity index (χ3v) is 7.02. The monoisotopic (exact) mass is 483 g/mol. The summed E-state index contributed by atoms with van der Waals surface area (Å²) in [6, 6.07) is 21.0. The van der Waals surface area contributed by atoms with Crippen molar-refractivity contribution in [3.8, 4) is 11.5 Å². The van der Waals surface area contributed by atoms with Crippen molar-refractivity contribution < 1.29 is 19.1 Å². The molecule has 0 spiro atoms. The number of carbonyl (C=O) groups is 2. The fourth-order valence-electron chi connectivity index (χ4n) is 5.18. The number of primary amides is 1. The Morgan fingerprint density at radius 1 is 0.944 bits per heavy atom. The van der Waals surface area contributed by atoms with E-state index < -0.39 is 11.9 Å². The van der Waals surface area contributed by atoms with Crippen LogP contribution in [0.25, 0.3) is 10.8 Å². The van der Waals surface area contributed by atoms with Gasteiger partial charge in [-0.3, -0.25) is 9.59 Å². The van der Waals surface area contributed by atoms with Crippen LogP contribution in [-0.2, 0) is 22.6 Å². The second-order valence-electron chi connectivity index (χ2n) is 9.04. The van der Waals surface area contributed by atoms with Gasteiger partial charge in [-0.25, -0.2) is 0 Å². The van der Waals surface area contributed by atoms with Gasteiger partial charge in [-0.15, -0.1) is 0 Å². The first kappa shape index (κ1) is 23.5. The molecule has 1 aliphatic heterocycles. The van der Waals surface area contributed by atoms with Gasteiger partial charge in [0.1, 0.15) is 6.04 Å². The summed E-state index contributed by atoms with van der Waals surface area (Å²) in [5.41, 5.74) is 8.69. The predicted octanol–water partition coefficient (Wildman–Crippen LogP) is 4.08. The maximum absolute atomic E-state index is 13.9. The molecule has 4 aromatic rings. The number of ether oxygens (including phenoxy) is 2. The lowest BCUT2D eigenvalue weighted by molar-refractivity contribution is -0.141. The van der Waals surface area contributed by atoms with E-state index in [2.05, 4.69) is 24.3 Å². The van der Waals surface area contributed by atoms with Crippen molar-refractivity contribution >= 4 is 22.6 Å². The van der Waals surface area contributed by atoms with E-state index in [-0.39, 0.29) is 24.9 Å². The second-order valence-corrected chi connectivity index (χ2v) is 9.04. The zero-order chi connectivity index (χ0) is 25.2. The Kier molecular flexibility index (Phi) is 6.38. The van der Waals surface area contributed by atoms with Crippen molar-refractivity contribution in [2.45, 2.75) is 31.5 Å². The summed E-state index contributed by atoms with van der Waals surface area (Å²) in [6.07, 6.45) is 4.45. The molecule has 2 atom stereocenters. The van der Waals surface area contributed by atoms with Crippen molar-refractivity contribution in [3.05, 3.63) is 95.8 Å². The van der Waals surface area contributed by atoms with Crippen LogP contribution in [0.15, 0.2) is 79.1 Å². The molecule has 7 heteroatoms. The summed E-state index contributed by atoms with van der Waals surface area (Å²) in [5.74, 6) is 0.516. The Hall–Kier alpha value is -4.26. The van der Waals surface area contributed by atoms with Crippen LogP contribution in [0, 0.1) is 0 Å². The molecule has 0 unspecified atom stereocenters. The minimum absolute atomic E-state index is 0.133. The minimum Gasteiger partial charge on any atom is -0.493 e. The van der Waals surface area contributed by atoms with E-state index >= 15 is 0 Å². The third kappa shape index (κ3) is 4.28. The SMILES string of the molecule is COc1cc2c(cc1OC)CN(C(=O)C[C@H](c1cccc3ccccc13)n1cccc1)[C@H](C(N)=O)C2. The first-order chi connectivity index (χ1) is 17.5. The number of carbonyl (C=O) groups excluding carboxylic acids is 2. The number of hydrogen-bond acceptors (Lipinski definition) is 4. The Balaban J connectivity index is 1.51. The van der Waals surface area contributed by atoms with Crippen LogP contribution < -0.4 is 15.2 Å². The third-order valence-electron chi connectivity index (χ3n) is 7.02. The van der Waals surface area contributed by atoms with Gasteiger partial charge in [-0.1, -0.05) is 42.5 Å². The molecule has 0 saturated carbocycles. The van der Waals surface area contributed by atoms with Gasteiger partial charge in [0.05, 0.1) is 26.7 Å². The minimum atomic E-state index is -0.735. The molecule has 2 heterocycles. The maximum Gasteiger partial charge on any atom is 0.240 e. The van der Waals surface area contributed by atoms with Crippen molar-refractivity contribution in [2.24, 2.45) is 5.73 Å². The highest BCUT2D eigenvalue weighted by atomic mass is 16.5. The number of benzene rings is 3. The number of aromatic nitrogens is 1. The lowest BCUT2D eigenvalue weighted by atomic mass is 9.91. The molecule has 0 saturated heterocycles. The summed E-state index contributed by atoms with van der Waals surface area (Å²) >= 11 is 0. The topological polar surface area (TPSA) is 86.8 Å². The summed E-state index contributed by atoms with van der Waals surface area (Å²) in [5, 5.41) is 2.21. The van der Waals surface area contributed by atoms with E-state index in [1.807, 2.05) is 59.4 Å². The van der Waals surface area contributed by atoms with Gasteiger partial charge in [0.15, 0.2) is 11.5 Å². The number of hydrogen-bond donors (Lipinski definition) is 1. The van der Waals surface area contributed by atoms with Gasteiger partial charge in [-0.05, 0) is 51.7 Å². The number of rotatable bonds is 7. The van der Waals surface area contributed by atoms with Crippen molar-refractivity contribution in [1.82, 2.24) is 9.47 Å². The molecular weight excluding hydrogens is 454 g/mol. The van der Waals surface area contributed by atoms with E-state index in [9.17, 15) is 9.59 Å². The highest BCUT2D eigenvalue weighted by molar-refractivity contribution is 5.89. The molecule has 1 aliphatic rings. The Labute approximate surface area is 210 Å². The van der Waals surface area contributed by atoms with Gasteiger partial charge in [0, 0.05) is 25.4 Å². The Bertz CT molecular complexity index is 1410. The van der Waals surface area contributed by atoms with Crippen LogP contribution in [0.4, 0.5) is 0 Å². The molecule has 1 aromatic heterocycles. The molecule has 0 bridgehead atoms. The van der Waals surface area contributed by atoms with Gasteiger partial charge in [-0.2, -0.15) is 0 Å². The molecule has 0 aliphatic carbocycles. The zero-order valence-corrected chi connectivity index (χ0v) is 20.4. The summed E-state index contributed by atoms with van der Waals surface area (Å²) in [4.78, 5) is 28.0. The zero-order valence-electron chi connectivity index (χ0n) is 20.4. The van der Waals surface area contributed by atoms with Gasteiger partial charge >= 0.3 is 0 Å². The number of amides is 2. The maximum atomic E-state index is 13.9. The Morgan fingerprint density at radius 3 is 2.31 bits per heavy atom. The van der Waals surface area contributed by atoms with E-state index in [0.717, 1.165) is 27.5 Å². The highest BCUT2D eigenvalue weighted by Gasteiger charge is 2.35. The van der Waals surface area contributed by atoms with Crippen molar-refractivity contribution in [3.63, 3.8) is 0 Å². The lowest BCUT2D eigenvalue weighted by Gasteiger charge is -2.36. The molecule has 5 rings (SSSR count). The summed E-state index contributed by atoms with van der Waals surface area (Å²) < 4.78 is 12.9. The fraction of sp³-hybridized carbons (Fsp3) is 0.241. The Morgan fingerprint density at radius 2 is 1.61 bits per heavy atom. The molecule has 2 N–H and O–H groups in total. The van der Waals surface area contributed by atoms with E-state index in [1.165, 1.54) is 0 Å². The first-order valence-electron chi connectivity index (χ1n) is 11.9. The smallest absolute Gasteiger partial charge is 0.240 e. The highest BCUT2D eigenvalue weighted by Crippen LogP contribution is 2.36. The van der Waals surface area contributed by atoms with Gasteiger partial charge in [0.2, 0.25) is 11.8 Å². The molecule has 0 radical (unpaired) electrons. The van der Waals surface area contributed by atoms with E-state index in [0.29, 0.717) is 17.9 Å². The molecule has 0 fully saturated rings.